The highest BCUT2D eigenvalue weighted by Crippen LogP contribution is 2.36. The highest BCUT2D eigenvalue weighted by atomic mass is 16.2. The van der Waals surface area contributed by atoms with Gasteiger partial charge in [-0.15, -0.1) is 0 Å². The van der Waals surface area contributed by atoms with E-state index in [1.54, 1.807) is 6.92 Å². The van der Waals surface area contributed by atoms with Gasteiger partial charge in [0, 0.05) is 32.2 Å². The number of nitrogens with zero attached hydrogens (tertiary/aromatic N) is 2. The Hall–Kier alpha value is -2.04. The van der Waals surface area contributed by atoms with E-state index >= 15 is 0 Å². The van der Waals surface area contributed by atoms with Gasteiger partial charge in [0.25, 0.3) is 0 Å². The summed E-state index contributed by atoms with van der Waals surface area (Å²) in [5.41, 5.74) is 1.74. The number of aryl methyl sites for hydroxylation is 1. The summed E-state index contributed by atoms with van der Waals surface area (Å²) in [6, 6.07) is 8.42. The summed E-state index contributed by atoms with van der Waals surface area (Å²) in [5.74, 6) is 0.304. The van der Waals surface area contributed by atoms with Crippen LogP contribution < -0.4 is 5.32 Å². The Morgan fingerprint density at radius 2 is 1.88 bits per heavy atom. The van der Waals surface area contributed by atoms with Crippen molar-refractivity contribution in [2.75, 3.05) is 25.0 Å². The predicted octanol–water partition coefficient (Wildman–Crippen LogP) is 3.19. The van der Waals surface area contributed by atoms with Crippen molar-refractivity contribution in [2.45, 2.75) is 64.5 Å². The summed E-state index contributed by atoms with van der Waals surface area (Å²) in [6.07, 6.45) is 4.79. The zero-order valence-electron chi connectivity index (χ0n) is 16.3. The quantitative estimate of drug-likeness (QED) is 0.880. The van der Waals surface area contributed by atoms with Crippen LogP contribution >= 0.6 is 0 Å². The summed E-state index contributed by atoms with van der Waals surface area (Å²) in [6.45, 7) is 7.79. The standard InChI is InChI=1S/C21H31N3O2/c1-4-24(17(3)25)19-11-14-23(15-19)20(26)21(12-5-6-13-21)22-18-9-7-16(2)8-10-18/h7-10,19,22H,4-6,11-15H2,1-3H3/t19-/m0/s1. The van der Waals surface area contributed by atoms with Crippen LogP contribution in [0.2, 0.25) is 0 Å². The van der Waals surface area contributed by atoms with Gasteiger partial charge < -0.3 is 15.1 Å². The van der Waals surface area contributed by atoms with E-state index in [1.807, 2.05) is 16.7 Å². The van der Waals surface area contributed by atoms with Gasteiger partial charge in [0.2, 0.25) is 11.8 Å². The molecule has 2 fully saturated rings. The van der Waals surface area contributed by atoms with Crippen molar-refractivity contribution in [3.05, 3.63) is 29.8 Å². The van der Waals surface area contributed by atoms with Crippen LogP contribution in [-0.2, 0) is 9.59 Å². The number of anilines is 1. The second kappa shape index (κ2) is 7.68. The lowest BCUT2D eigenvalue weighted by atomic mass is 9.94. The average molecular weight is 357 g/mol. The maximum Gasteiger partial charge on any atom is 0.248 e. The fourth-order valence-electron chi connectivity index (χ4n) is 4.51. The van der Waals surface area contributed by atoms with Crippen LogP contribution in [0.1, 0.15) is 51.5 Å². The molecule has 1 aliphatic carbocycles. The second-order valence-corrected chi connectivity index (χ2v) is 7.78. The third-order valence-corrected chi connectivity index (χ3v) is 5.94. The van der Waals surface area contributed by atoms with Crippen molar-refractivity contribution in [3.63, 3.8) is 0 Å². The number of hydrogen-bond donors (Lipinski definition) is 1. The number of likely N-dealkylation sites (N-methyl/N-ethyl adjacent to an activating group) is 1. The maximum absolute atomic E-state index is 13.4. The number of carbonyl (C=O) groups is 2. The van der Waals surface area contributed by atoms with E-state index in [9.17, 15) is 9.59 Å². The van der Waals surface area contributed by atoms with Crippen LogP contribution in [0.5, 0.6) is 0 Å². The summed E-state index contributed by atoms with van der Waals surface area (Å²) in [5, 5.41) is 3.57. The van der Waals surface area contributed by atoms with E-state index in [1.165, 1.54) is 5.56 Å². The van der Waals surface area contributed by atoms with E-state index < -0.39 is 5.54 Å². The first-order chi connectivity index (χ1) is 12.4. The topological polar surface area (TPSA) is 52.7 Å². The first kappa shape index (κ1) is 18.7. The van der Waals surface area contributed by atoms with Crippen molar-refractivity contribution >= 4 is 17.5 Å². The number of benzene rings is 1. The molecule has 1 heterocycles. The molecule has 1 N–H and O–H groups in total. The van der Waals surface area contributed by atoms with Crippen molar-refractivity contribution in [1.82, 2.24) is 9.80 Å². The zero-order chi connectivity index (χ0) is 18.7. The van der Waals surface area contributed by atoms with Crippen LogP contribution in [0.4, 0.5) is 5.69 Å². The number of amides is 2. The van der Waals surface area contributed by atoms with Gasteiger partial charge in [-0.1, -0.05) is 30.5 Å². The fourth-order valence-corrected chi connectivity index (χ4v) is 4.51. The van der Waals surface area contributed by atoms with Gasteiger partial charge >= 0.3 is 0 Å². The molecular weight excluding hydrogens is 326 g/mol. The number of rotatable bonds is 5. The highest BCUT2D eigenvalue weighted by Gasteiger charge is 2.45. The minimum atomic E-state index is -0.489. The molecule has 0 unspecified atom stereocenters. The third kappa shape index (κ3) is 3.71. The molecule has 2 amide bonds. The van der Waals surface area contributed by atoms with Crippen LogP contribution in [0, 0.1) is 6.92 Å². The van der Waals surface area contributed by atoms with Crippen LogP contribution in [0.3, 0.4) is 0 Å². The molecule has 0 radical (unpaired) electrons. The third-order valence-electron chi connectivity index (χ3n) is 5.94. The molecule has 0 bridgehead atoms. The lowest BCUT2D eigenvalue weighted by molar-refractivity contribution is -0.136. The Kier molecular flexibility index (Phi) is 5.54. The Morgan fingerprint density at radius 3 is 2.46 bits per heavy atom. The van der Waals surface area contributed by atoms with E-state index in [4.69, 9.17) is 0 Å². The molecule has 5 heteroatoms. The Morgan fingerprint density at radius 1 is 1.23 bits per heavy atom. The predicted molar refractivity (Wildman–Crippen MR) is 104 cm³/mol. The Bertz CT molecular complexity index is 650. The van der Waals surface area contributed by atoms with Crippen molar-refractivity contribution in [3.8, 4) is 0 Å². The number of carbonyl (C=O) groups excluding carboxylic acids is 2. The molecule has 1 saturated heterocycles. The number of hydrogen-bond acceptors (Lipinski definition) is 3. The first-order valence-corrected chi connectivity index (χ1v) is 9.86. The van der Waals surface area contributed by atoms with Crippen molar-refractivity contribution in [2.24, 2.45) is 0 Å². The minimum absolute atomic E-state index is 0.0974. The molecule has 142 valence electrons. The van der Waals surface area contributed by atoms with Gasteiger partial charge in [0.1, 0.15) is 5.54 Å². The molecule has 1 aromatic rings. The van der Waals surface area contributed by atoms with Crippen LogP contribution in [0.15, 0.2) is 24.3 Å². The molecule has 1 atom stereocenters. The molecule has 26 heavy (non-hydrogen) atoms. The summed E-state index contributed by atoms with van der Waals surface area (Å²) in [7, 11) is 0. The molecule has 5 nitrogen and oxygen atoms in total. The van der Waals surface area contributed by atoms with Gasteiger partial charge in [-0.3, -0.25) is 9.59 Å². The van der Waals surface area contributed by atoms with E-state index in [-0.39, 0.29) is 17.9 Å². The largest absolute Gasteiger partial charge is 0.371 e. The van der Waals surface area contributed by atoms with E-state index in [0.29, 0.717) is 13.1 Å². The van der Waals surface area contributed by atoms with Crippen molar-refractivity contribution < 1.29 is 9.59 Å². The van der Waals surface area contributed by atoms with E-state index in [2.05, 4.69) is 36.5 Å². The molecule has 0 aromatic heterocycles. The van der Waals surface area contributed by atoms with Gasteiger partial charge in [0.05, 0.1) is 6.04 Å². The summed E-state index contributed by atoms with van der Waals surface area (Å²) >= 11 is 0. The SMILES string of the molecule is CCN(C(C)=O)[C@H]1CCN(C(=O)C2(Nc3ccc(C)cc3)CCCC2)C1. The fraction of sp³-hybridized carbons (Fsp3) is 0.619. The number of likely N-dealkylation sites (tertiary alicyclic amines) is 1. The lowest BCUT2D eigenvalue weighted by Gasteiger charge is -2.35. The normalized spacial score (nSPS) is 21.7. The second-order valence-electron chi connectivity index (χ2n) is 7.78. The molecule has 1 aliphatic heterocycles. The molecular formula is C21H31N3O2. The van der Waals surface area contributed by atoms with E-state index in [0.717, 1.165) is 44.3 Å². The maximum atomic E-state index is 13.4. The summed E-state index contributed by atoms with van der Waals surface area (Å²) < 4.78 is 0. The smallest absolute Gasteiger partial charge is 0.248 e. The van der Waals surface area contributed by atoms with Crippen LogP contribution in [-0.4, -0.2) is 52.8 Å². The molecule has 1 aromatic carbocycles. The summed E-state index contributed by atoms with van der Waals surface area (Å²) in [4.78, 5) is 29.1. The van der Waals surface area contributed by atoms with Crippen LogP contribution in [0.25, 0.3) is 0 Å². The molecule has 0 spiro atoms. The zero-order valence-corrected chi connectivity index (χ0v) is 16.3. The highest BCUT2D eigenvalue weighted by molar-refractivity contribution is 5.90. The minimum Gasteiger partial charge on any atom is -0.371 e. The first-order valence-electron chi connectivity index (χ1n) is 9.86. The van der Waals surface area contributed by atoms with Gasteiger partial charge in [-0.2, -0.15) is 0 Å². The average Bonchev–Trinajstić information content (AvgIpc) is 3.27. The number of nitrogens with one attached hydrogen (secondary N) is 1. The van der Waals surface area contributed by atoms with Gasteiger partial charge in [0.15, 0.2) is 0 Å². The Balaban J connectivity index is 1.73. The molecule has 3 rings (SSSR count). The molecule has 2 aliphatic rings. The Labute approximate surface area is 156 Å². The molecule has 1 saturated carbocycles. The monoisotopic (exact) mass is 357 g/mol. The lowest BCUT2D eigenvalue weighted by Crippen LogP contribution is -2.52. The van der Waals surface area contributed by atoms with Gasteiger partial charge in [-0.25, -0.2) is 0 Å². The van der Waals surface area contributed by atoms with Gasteiger partial charge in [-0.05, 0) is 45.2 Å². The van der Waals surface area contributed by atoms with Crippen molar-refractivity contribution in [1.29, 1.82) is 0 Å².